The number of aromatic nitrogens is 3. The zero-order chi connectivity index (χ0) is 26.0. The van der Waals surface area contributed by atoms with Crippen molar-refractivity contribution in [3.8, 4) is 11.5 Å². The average Bonchev–Trinajstić information content (AvgIpc) is 2.81. The Morgan fingerprint density at radius 2 is 1.81 bits per heavy atom. The first-order chi connectivity index (χ1) is 17.0. The first-order valence-corrected chi connectivity index (χ1v) is 11.6. The minimum atomic E-state index is -4.67. The highest BCUT2D eigenvalue weighted by atomic mass is 35.5. The molecule has 2 aromatic heterocycles. The van der Waals surface area contributed by atoms with Gasteiger partial charge in [-0.05, 0) is 42.7 Å². The molecular weight excluding hydrogens is 523 g/mol. The van der Waals surface area contributed by atoms with Gasteiger partial charge in [-0.15, -0.1) is 11.8 Å². The van der Waals surface area contributed by atoms with Crippen LogP contribution in [0.3, 0.4) is 0 Å². The highest BCUT2D eigenvalue weighted by Crippen LogP contribution is 2.36. The molecule has 0 spiro atoms. The van der Waals surface area contributed by atoms with E-state index in [1.54, 1.807) is 12.3 Å². The van der Waals surface area contributed by atoms with Gasteiger partial charge in [0.05, 0.1) is 16.3 Å². The number of pyridine rings is 1. The van der Waals surface area contributed by atoms with Crippen LogP contribution >= 0.6 is 23.4 Å². The number of nitrogens with zero attached hydrogens (tertiary/aromatic N) is 1. The predicted molar refractivity (Wildman–Crippen MR) is 130 cm³/mol. The Morgan fingerprint density at radius 1 is 1.06 bits per heavy atom. The van der Waals surface area contributed by atoms with Gasteiger partial charge in [0.15, 0.2) is 11.4 Å². The molecule has 0 bridgehead atoms. The van der Waals surface area contributed by atoms with Crippen LogP contribution in [0.4, 0.5) is 29.3 Å². The monoisotopic (exact) mass is 537 g/mol. The van der Waals surface area contributed by atoms with Crippen molar-refractivity contribution < 1.29 is 22.7 Å². The summed E-state index contributed by atoms with van der Waals surface area (Å²) < 4.78 is 45.0. The fourth-order valence-electron chi connectivity index (χ4n) is 3.15. The Bertz CT molecular complexity index is 1590. The number of ether oxygens (including phenoxy) is 1. The van der Waals surface area contributed by atoms with Gasteiger partial charge in [-0.25, -0.2) is 9.78 Å². The van der Waals surface area contributed by atoms with Crippen molar-refractivity contribution in [1.82, 2.24) is 15.0 Å². The maximum Gasteiger partial charge on any atom is 0.417 e. The lowest BCUT2D eigenvalue weighted by Gasteiger charge is -2.14. The van der Waals surface area contributed by atoms with Crippen molar-refractivity contribution in [2.45, 2.75) is 11.1 Å². The summed E-state index contributed by atoms with van der Waals surface area (Å²) in [6, 6.07) is 8.45. The topological polar surface area (TPSA) is 129 Å². The molecule has 2 amide bonds. The number of aromatic amines is 2. The molecular formula is C22H15ClF3N5O4S. The number of hydrogen-bond donors (Lipinski definition) is 4. The lowest BCUT2D eigenvalue weighted by Crippen LogP contribution is -2.29. The molecule has 4 N–H and O–H groups in total. The predicted octanol–water partition coefficient (Wildman–Crippen LogP) is 5.44. The molecule has 0 unspecified atom stereocenters. The number of carbonyl (C=O) groups is 1. The van der Waals surface area contributed by atoms with Gasteiger partial charge < -0.3 is 25.3 Å². The van der Waals surface area contributed by atoms with Gasteiger partial charge in [0.1, 0.15) is 11.3 Å². The van der Waals surface area contributed by atoms with E-state index in [1.807, 2.05) is 0 Å². The molecule has 0 saturated carbocycles. The van der Waals surface area contributed by atoms with Crippen molar-refractivity contribution in [3.05, 3.63) is 80.0 Å². The van der Waals surface area contributed by atoms with Crippen LogP contribution in [0, 0.1) is 0 Å². The normalized spacial score (nSPS) is 11.4. The van der Waals surface area contributed by atoms with E-state index in [4.69, 9.17) is 16.3 Å². The number of anilines is 2. The molecule has 4 rings (SSSR count). The minimum absolute atomic E-state index is 0.0912. The summed E-state index contributed by atoms with van der Waals surface area (Å²) in [5.74, 6) is 0.569. The van der Waals surface area contributed by atoms with Gasteiger partial charge in [0, 0.05) is 22.8 Å². The fourth-order valence-corrected chi connectivity index (χ4v) is 3.95. The number of hydrogen-bond acceptors (Lipinski definition) is 6. The first kappa shape index (κ1) is 25.1. The maximum atomic E-state index is 13.1. The van der Waals surface area contributed by atoms with Crippen molar-refractivity contribution in [2.75, 3.05) is 16.9 Å². The minimum Gasteiger partial charge on any atom is -0.455 e. The summed E-state index contributed by atoms with van der Waals surface area (Å²) >= 11 is 6.88. The molecule has 36 heavy (non-hydrogen) atoms. The van der Waals surface area contributed by atoms with Gasteiger partial charge in [0.25, 0.3) is 0 Å². The molecule has 186 valence electrons. The SMILES string of the molecule is CSc1cc(Oc2ccnc3[nH]c(=O)c(=O)[nH]c23)ccc1NC(=O)Nc1ccc(Cl)c(C(F)(F)F)c1. The van der Waals surface area contributed by atoms with Crippen LogP contribution in [0.2, 0.25) is 5.02 Å². The second-order valence-electron chi connectivity index (χ2n) is 7.18. The quantitative estimate of drug-likeness (QED) is 0.198. The summed E-state index contributed by atoms with van der Waals surface area (Å²) in [5.41, 5.74) is -2.18. The third-order valence-corrected chi connectivity index (χ3v) is 5.88. The smallest absolute Gasteiger partial charge is 0.417 e. The molecule has 0 atom stereocenters. The molecule has 2 heterocycles. The van der Waals surface area contributed by atoms with Crippen LogP contribution in [0.15, 0.2) is 63.1 Å². The maximum absolute atomic E-state index is 13.1. The van der Waals surface area contributed by atoms with Crippen molar-refractivity contribution >= 4 is 51.9 Å². The largest absolute Gasteiger partial charge is 0.455 e. The van der Waals surface area contributed by atoms with Crippen molar-refractivity contribution in [1.29, 1.82) is 0 Å². The highest BCUT2D eigenvalue weighted by molar-refractivity contribution is 7.98. The van der Waals surface area contributed by atoms with E-state index >= 15 is 0 Å². The molecule has 2 aromatic carbocycles. The Hall–Kier alpha value is -3.97. The Morgan fingerprint density at radius 3 is 2.53 bits per heavy atom. The van der Waals surface area contributed by atoms with E-state index in [1.165, 1.54) is 42.2 Å². The van der Waals surface area contributed by atoms with Gasteiger partial charge in [-0.1, -0.05) is 11.6 Å². The van der Waals surface area contributed by atoms with Crippen LogP contribution in [-0.2, 0) is 6.18 Å². The standard InChI is InChI=1S/C22H15ClF3N5O4S/c1-36-16-9-11(35-15-6-7-27-18-17(15)30-19(32)20(33)31-18)3-5-14(16)29-21(34)28-10-2-4-13(23)12(8-10)22(24,25)26/h2-9H,1H3,(H,30,32)(H,27,31,33)(H2,28,29,34). The van der Waals surface area contributed by atoms with E-state index in [0.717, 1.165) is 12.1 Å². The summed E-state index contributed by atoms with van der Waals surface area (Å²) in [7, 11) is 0. The van der Waals surface area contributed by atoms with Gasteiger partial charge >= 0.3 is 23.3 Å². The van der Waals surface area contributed by atoms with Crippen LogP contribution in [-0.4, -0.2) is 27.2 Å². The van der Waals surface area contributed by atoms with E-state index in [0.29, 0.717) is 16.3 Å². The number of carbonyl (C=O) groups excluding carboxylic acids is 1. The number of thioether (sulfide) groups is 1. The Balaban J connectivity index is 1.53. The summed E-state index contributed by atoms with van der Waals surface area (Å²) in [6.07, 6.45) is -1.53. The molecule has 0 aliphatic rings. The first-order valence-electron chi connectivity index (χ1n) is 9.97. The van der Waals surface area contributed by atoms with E-state index in [2.05, 4.69) is 25.6 Å². The fraction of sp³-hybridized carbons (Fsp3) is 0.0909. The number of rotatable bonds is 5. The average molecular weight is 538 g/mol. The molecule has 0 aliphatic heterocycles. The third kappa shape index (κ3) is 5.47. The molecule has 9 nitrogen and oxygen atoms in total. The van der Waals surface area contributed by atoms with Crippen LogP contribution in [0.1, 0.15) is 5.56 Å². The van der Waals surface area contributed by atoms with E-state index < -0.39 is 33.9 Å². The number of alkyl halides is 3. The number of benzene rings is 2. The summed E-state index contributed by atoms with van der Waals surface area (Å²) in [4.78, 5) is 45.0. The molecule has 4 aromatic rings. The molecule has 14 heteroatoms. The number of amides is 2. The number of H-pyrrole nitrogens is 2. The number of urea groups is 1. The number of fused-ring (bicyclic) bond motifs is 1. The second kappa shape index (κ2) is 9.95. The Kier molecular flexibility index (Phi) is 6.95. The molecule has 0 saturated heterocycles. The van der Waals surface area contributed by atoms with Crippen LogP contribution in [0.5, 0.6) is 11.5 Å². The van der Waals surface area contributed by atoms with Crippen LogP contribution in [0.25, 0.3) is 11.2 Å². The van der Waals surface area contributed by atoms with E-state index in [-0.39, 0.29) is 22.6 Å². The number of halogens is 4. The van der Waals surface area contributed by atoms with Gasteiger partial charge in [-0.2, -0.15) is 13.2 Å². The van der Waals surface area contributed by atoms with Crippen molar-refractivity contribution in [2.24, 2.45) is 0 Å². The summed E-state index contributed by atoms with van der Waals surface area (Å²) in [5, 5.41) is 4.45. The third-order valence-electron chi connectivity index (χ3n) is 4.77. The van der Waals surface area contributed by atoms with Crippen molar-refractivity contribution in [3.63, 3.8) is 0 Å². The summed E-state index contributed by atoms with van der Waals surface area (Å²) in [6.45, 7) is 0. The zero-order valence-corrected chi connectivity index (χ0v) is 19.7. The highest BCUT2D eigenvalue weighted by Gasteiger charge is 2.33. The van der Waals surface area contributed by atoms with E-state index in [9.17, 15) is 27.6 Å². The van der Waals surface area contributed by atoms with Gasteiger partial charge in [-0.3, -0.25) is 9.59 Å². The lowest BCUT2D eigenvalue weighted by atomic mass is 10.2. The molecule has 0 fully saturated rings. The lowest BCUT2D eigenvalue weighted by molar-refractivity contribution is -0.137. The van der Waals surface area contributed by atoms with Crippen LogP contribution < -0.4 is 26.5 Å². The molecule has 0 aliphatic carbocycles. The Labute approximate surface area is 209 Å². The van der Waals surface area contributed by atoms with Gasteiger partial charge in [0.2, 0.25) is 0 Å². The number of nitrogens with one attached hydrogen (secondary N) is 4. The zero-order valence-electron chi connectivity index (χ0n) is 18.1. The molecule has 0 radical (unpaired) electrons. The second-order valence-corrected chi connectivity index (χ2v) is 8.43.